The Balaban J connectivity index is 2.92. The molecule has 1 radical (unpaired) electrons. The van der Waals surface area contributed by atoms with Crippen LogP contribution >= 0.6 is 0 Å². The molecule has 0 saturated heterocycles. The van der Waals surface area contributed by atoms with E-state index in [0.29, 0.717) is 0 Å². The third-order valence-corrected chi connectivity index (χ3v) is 0.631. The van der Waals surface area contributed by atoms with Crippen molar-refractivity contribution in [3.8, 4) is 0 Å². The van der Waals surface area contributed by atoms with Crippen molar-refractivity contribution in [3.05, 3.63) is 31.2 Å². The number of allylic oxidation sites excluding steroid dienone is 3. The van der Waals surface area contributed by atoms with E-state index in [4.69, 9.17) is 0 Å². The molecular formula is C7H11. The summed E-state index contributed by atoms with van der Waals surface area (Å²) in [5.74, 6) is 0. The monoisotopic (exact) mass is 95.1 g/mol. The van der Waals surface area contributed by atoms with Crippen LogP contribution in [0.1, 0.15) is 13.3 Å². The van der Waals surface area contributed by atoms with E-state index >= 15 is 0 Å². The molecule has 0 aromatic carbocycles. The van der Waals surface area contributed by atoms with Crippen LogP contribution in [0.3, 0.4) is 0 Å². The van der Waals surface area contributed by atoms with Gasteiger partial charge in [-0.1, -0.05) is 25.2 Å². The van der Waals surface area contributed by atoms with Gasteiger partial charge in [-0.2, -0.15) is 0 Å². The molecule has 0 aromatic heterocycles. The smallest absolute Gasteiger partial charge is 0.0172 e. The maximum atomic E-state index is 3.57. The molecule has 0 N–H and O–H groups in total. The van der Waals surface area contributed by atoms with Gasteiger partial charge in [-0.3, -0.25) is 0 Å². The van der Waals surface area contributed by atoms with Crippen LogP contribution in [0.2, 0.25) is 0 Å². The van der Waals surface area contributed by atoms with Crippen molar-refractivity contribution in [2.75, 3.05) is 0 Å². The lowest BCUT2D eigenvalue weighted by Gasteiger charge is -1.74. The number of rotatable bonds is 3. The van der Waals surface area contributed by atoms with Gasteiger partial charge in [0.1, 0.15) is 0 Å². The first-order valence-electron chi connectivity index (χ1n) is 2.47. The van der Waals surface area contributed by atoms with Crippen LogP contribution in [0.4, 0.5) is 0 Å². The molecule has 0 spiro atoms. The summed E-state index contributed by atoms with van der Waals surface area (Å²) in [7, 11) is 0. The lowest BCUT2D eigenvalue weighted by atomic mass is 10.3. The first-order valence-corrected chi connectivity index (χ1v) is 2.47. The summed E-state index contributed by atoms with van der Waals surface area (Å²) in [4.78, 5) is 0. The fourth-order valence-corrected chi connectivity index (χ4v) is 0.311. The van der Waals surface area contributed by atoms with Crippen LogP contribution in [0.5, 0.6) is 0 Å². The zero-order chi connectivity index (χ0) is 5.54. The molecule has 0 heteroatoms. The van der Waals surface area contributed by atoms with Gasteiger partial charge in [0.2, 0.25) is 0 Å². The van der Waals surface area contributed by atoms with Crippen molar-refractivity contribution in [2.45, 2.75) is 13.3 Å². The molecule has 0 fully saturated rings. The maximum absolute atomic E-state index is 3.57. The van der Waals surface area contributed by atoms with Gasteiger partial charge in [-0.25, -0.2) is 0 Å². The van der Waals surface area contributed by atoms with Crippen LogP contribution in [-0.2, 0) is 0 Å². The molecule has 7 heavy (non-hydrogen) atoms. The molecule has 0 aliphatic heterocycles. The molecule has 0 heterocycles. The van der Waals surface area contributed by atoms with E-state index in [1.54, 1.807) is 0 Å². The lowest BCUT2D eigenvalue weighted by molar-refractivity contribution is 1.38. The van der Waals surface area contributed by atoms with Gasteiger partial charge < -0.3 is 0 Å². The highest BCUT2D eigenvalue weighted by Crippen LogP contribution is 1.83. The molecule has 0 bridgehead atoms. The Kier molecular flexibility index (Phi) is 5.07. The summed E-state index contributed by atoms with van der Waals surface area (Å²) in [6.07, 6.45) is 8.93. The first kappa shape index (κ1) is 6.48. The summed E-state index contributed by atoms with van der Waals surface area (Å²) < 4.78 is 0. The highest BCUT2D eigenvalue weighted by Gasteiger charge is 1.63. The topological polar surface area (TPSA) is 0 Å². The Bertz CT molecular complexity index is 60.4. The Morgan fingerprint density at radius 3 is 2.71 bits per heavy atom. The largest absolute Gasteiger partial charge is 0.103 e. The molecule has 0 atom stereocenters. The summed E-state index contributed by atoms with van der Waals surface area (Å²) in [6, 6.07) is 0. The summed E-state index contributed by atoms with van der Waals surface area (Å²) in [6.45, 7) is 5.57. The van der Waals surface area contributed by atoms with Gasteiger partial charge in [-0.05, 0) is 12.8 Å². The Morgan fingerprint density at radius 1 is 1.57 bits per heavy atom. The average Bonchev–Trinajstić information content (AvgIpc) is 1.69. The second-order valence-electron chi connectivity index (χ2n) is 1.29. The molecule has 39 valence electrons. The van der Waals surface area contributed by atoms with Crippen LogP contribution in [0.15, 0.2) is 24.8 Å². The second kappa shape index (κ2) is 5.48. The van der Waals surface area contributed by atoms with Gasteiger partial charge >= 0.3 is 0 Å². The van der Waals surface area contributed by atoms with Crippen molar-refractivity contribution in [2.24, 2.45) is 0 Å². The van der Waals surface area contributed by atoms with E-state index in [-0.39, 0.29) is 0 Å². The fourth-order valence-electron chi connectivity index (χ4n) is 0.311. The highest BCUT2D eigenvalue weighted by atomic mass is 13.7. The van der Waals surface area contributed by atoms with Gasteiger partial charge in [0.25, 0.3) is 0 Å². The van der Waals surface area contributed by atoms with Gasteiger partial charge in [-0.15, -0.1) is 6.58 Å². The van der Waals surface area contributed by atoms with Crippen LogP contribution in [0.25, 0.3) is 0 Å². The van der Waals surface area contributed by atoms with E-state index in [1.165, 1.54) is 0 Å². The van der Waals surface area contributed by atoms with Crippen molar-refractivity contribution < 1.29 is 0 Å². The Morgan fingerprint density at radius 2 is 2.29 bits per heavy atom. The number of hydrogen-bond acceptors (Lipinski definition) is 0. The first-order chi connectivity index (χ1) is 3.41. The lowest BCUT2D eigenvalue weighted by Crippen LogP contribution is -1.55. The average molecular weight is 95.2 g/mol. The van der Waals surface area contributed by atoms with Crippen LogP contribution in [-0.4, -0.2) is 0 Å². The third kappa shape index (κ3) is 5.48. The fraction of sp³-hybridized carbons (Fsp3) is 0.286. The molecule has 0 rings (SSSR count). The minimum absolute atomic E-state index is 0.977. The molecule has 0 aliphatic carbocycles. The Labute approximate surface area is 45.5 Å². The molecule has 0 aromatic rings. The molecule has 0 amide bonds. The highest BCUT2D eigenvalue weighted by molar-refractivity contribution is 4.94. The third-order valence-electron chi connectivity index (χ3n) is 0.631. The SMILES string of the molecule is C=CC/C=C/[CH]C. The van der Waals surface area contributed by atoms with E-state index < -0.39 is 0 Å². The standard InChI is InChI=1S/C7H11/c1-3-5-7-6-4-2/h3-4,6-7H,1,5H2,2H3/b7-6+. The van der Waals surface area contributed by atoms with E-state index in [0.717, 1.165) is 6.42 Å². The minimum atomic E-state index is 0.977. The normalized spacial score (nSPS) is 9.86. The summed E-state index contributed by atoms with van der Waals surface area (Å²) >= 11 is 0. The predicted molar refractivity (Wildman–Crippen MR) is 33.9 cm³/mol. The predicted octanol–water partition coefficient (Wildman–Crippen LogP) is 2.34. The van der Waals surface area contributed by atoms with E-state index in [9.17, 15) is 0 Å². The Hall–Kier alpha value is -0.520. The molecule has 0 nitrogen and oxygen atoms in total. The van der Waals surface area contributed by atoms with E-state index in [2.05, 4.69) is 12.7 Å². The van der Waals surface area contributed by atoms with E-state index in [1.807, 2.05) is 25.5 Å². The van der Waals surface area contributed by atoms with Crippen LogP contribution < -0.4 is 0 Å². The zero-order valence-electron chi connectivity index (χ0n) is 4.72. The summed E-state index contributed by atoms with van der Waals surface area (Å²) in [5, 5.41) is 0. The second-order valence-corrected chi connectivity index (χ2v) is 1.29. The van der Waals surface area contributed by atoms with Crippen molar-refractivity contribution >= 4 is 0 Å². The molecule has 0 saturated carbocycles. The quantitative estimate of drug-likeness (QED) is 0.472. The molecular weight excluding hydrogens is 84.1 g/mol. The van der Waals surface area contributed by atoms with Gasteiger partial charge in [0.15, 0.2) is 0 Å². The summed E-state index contributed by atoms with van der Waals surface area (Å²) in [5.41, 5.74) is 0. The van der Waals surface area contributed by atoms with Crippen molar-refractivity contribution in [1.29, 1.82) is 0 Å². The zero-order valence-corrected chi connectivity index (χ0v) is 4.72. The van der Waals surface area contributed by atoms with Gasteiger partial charge in [0, 0.05) is 0 Å². The maximum Gasteiger partial charge on any atom is -0.0172 e. The molecule has 0 unspecified atom stereocenters. The van der Waals surface area contributed by atoms with Crippen molar-refractivity contribution in [3.63, 3.8) is 0 Å². The molecule has 0 aliphatic rings. The van der Waals surface area contributed by atoms with Gasteiger partial charge in [0.05, 0.1) is 0 Å². The minimum Gasteiger partial charge on any atom is -0.103 e. The number of hydrogen-bond donors (Lipinski definition) is 0. The van der Waals surface area contributed by atoms with Crippen molar-refractivity contribution in [1.82, 2.24) is 0 Å². The van der Waals surface area contributed by atoms with Crippen LogP contribution in [0, 0.1) is 6.42 Å².